The first-order valence-corrected chi connectivity index (χ1v) is 10.1. The maximum Gasteiger partial charge on any atom is 0.336 e. The molecule has 0 saturated carbocycles. The Bertz CT molecular complexity index is 954. The van der Waals surface area contributed by atoms with E-state index >= 15 is 0 Å². The number of rotatable bonds is 9. The number of carbonyl (C=O) groups excluding carboxylic acids is 1. The molecule has 0 spiro atoms. The highest BCUT2D eigenvalue weighted by atomic mass is 35.5. The lowest BCUT2D eigenvalue weighted by Gasteiger charge is -2.08. The molecule has 0 saturated heterocycles. The Kier molecular flexibility index (Phi) is 7.25. The van der Waals surface area contributed by atoms with Crippen molar-refractivity contribution in [2.24, 2.45) is 0 Å². The molecule has 6 nitrogen and oxygen atoms in total. The van der Waals surface area contributed by atoms with Gasteiger partial charge in [-0.1, -0.05) is 44.0 Å². The second-order valence-electron chi connectivity index (χ2n) is 6.49. The summed E-state index contributed by atoms with van der Waals surface area (Å²) in [5.41, 5.74) is 1.08. The summed E-state index contributed by atoms with van der Waals surface area (Å²) >= 11 is 6.33. The number of ether oxygens (including phenoxy) is 2. The second kappa shape index (κ2) is 10.1. The summed E-state index contributed by atoms with van der Waals surface area (Å²) < 4.78 is 12.4. The van der Waals surface area contributed by atoms with Crippen LogP contribution in [0.15, 0.2) is 48.5 Å². The Morgan fingerprint density at radius 1 is 1.00 bits per heavy atom. The normalized spacial score (nSPS) is 10.7. The monoisotopic (exact) mass is 413 g/mol. The van der Waals surface area contributed by atoms with Crippen LogP contribution in [0.2, 0.25) is 5.02 Å². The van der Waals surface area contributed by atoms with Gasteiger partial charge in [0.15, 0.2) is 5.82 Å². The van der Waals surface area contributed by atoms with Crippen LogP contribution < -0.4 is 9.47 Å². The van der Waals surface area contributed by atoms with Crippen LogP contribution in [0.1, 0.15) is 43.5 Å². The van der Waals surface area contributed by atoms with Crippen molar-refractivity contribution in [2.45, 2.75) is 33.1 Å². The molecule has 0 unspecified atom stereocenters. The molecule has 0 atom stereocenters. The van der Waals surface area contributed by atoms with Crippen molar-refractivity contribution >= 4 is 17.5 Å². The highest BCUT2D eigenvalue weighted by Crippen LogP contribution is 2.28. The zero-order chi connectivity index (χ0) is 20.6. The second-order valence-corrected chi connectivity index (χ2v) is 6.90. The first kappa shape index (κ1) is 20.9. The van der Waals surface area contributed by atoms with Crippen LogP contribution in [0.5, 0.6) is 11.8 Å². The van der Waals surface area contributed by atoms with E-state index < -0.39 is 0 Å². The summed E-state index contributed by atoms with van der Waals surface area (Å²) in [6.07, 6.45) is 2.86. The predicted octanol–water partition coefficient (Wildman–Crippen LogP) is 5.25. The fourth-order valence-electron chi connectivity index (χ4n) is 2.66. The summed E-state index contributed by atoms with van der Waals surface area (Å²) in [6.45, 7) is 5.21. The Labute approximate surface area is 175 Å². The Morgan fingerprint density at radius 2 is 1.76 bits per heavy atom. The summed E-state index contributed by atoms with van der Waals surface area (Å²) in [6, 6.07) is 14.3. The molecule has 0 aliphatic carbocycles. The maximum atomic E-state index is 13.1. The van der Waals surface area contributed by atoms with E-state index in [0.29, 0.717) is 35.2 Å². The van der Waals surface area contributed by atoms with Crippen LogP contribution in [-0.2, 0) is 0 Å². The Balaban J connectivity index is 1.91. The molecular formula is C22H24ClN3O3. The number of hydrogen-bond donors (Lipinski definition) is 0. The number of carbonyl (C=O) groups is 1. The van der Waals surface area contributed by atoms with Crippen molar-refractivity contribution in [1.29, 1.82) is 0 Å². The molecule has 0 radical (unpaired) electrons. The standard InChI is InChI=1S/C22H24ClN3O3/c1-3-5-15-28-17-12-10-16(11-13-17)21(27)26-20(18-8-6-7-9-19(18)23)24-22(25-26)29-14-4-2/h6-13H,3-5,14-15H2,1-2H3. The van der Waals surface area contributed by atoms with Gasteiger partial charge in [0, 0.05) is 11.1 Å². The molecule has 0 aliphatic heterocycles. The number of nitrogens with zero attached hydrogens (tertiary/aromatic N) is 3. The van der Waals surface area contributed by atoms with Gasteiger partial charge in [-0.25, -0.2) is 0 Å². The van der Waals surface area contributed by atoms with Gasteiger partial charge in [0.1, 0.15) is 5.75 Å². The van der Waals surface area contributed by atoms with Gasteiger partial charge < -0.3 is 9.47 Å². The molecule has 7 heteroatoms. The minimum absolute atomic E-state index is 0.148. The average molecular weight is 414 g/mol. The third-order valence-corrected chi connectivity index (χ3v) is 4.53. The van der Waals surface area contributed by atoms with Gasteiger partial charge in [-0.3, -0.25) is 4.79 Å². The predicted molar refractivity (Wildman–Crippen MR) is 113 cm³/mol. The SMILES string of the molecule is CCCCOc1ccc(C(=O)n2nc(OCCC)nc2-c2ccccc2Cl)cc1. The number of unbranched alkanes of at least 4 members (excludes halogenated alkanes) is 1. The molecule has 152 valence electrons. The van der Waals surface area contributed by atoms with E-state index in [1.165, 1.54) is 4.68 Å². The van der Waals surface area contributed by atoms with E-state index in [4.69, 9.17) is 21.1 Å². The van der Waals surface area contributed by atoms with E-state index in [2.05, 4.69) is 17.0 Å². The summed E-state index contributed by atoms with van der Waals surface area (Å²) in [7, 11) is 0. The number of halogens is 1. The van der Waals surface area contributed by atoms with Gasteiger partial charge in [-0.15, -0.1) is 5.10 Å². The van der Waals surface area contributed by atoms with Crippen LogP contribution >= 0.6 is 11.6 Å². The summed E-state index contributed by atoms with van der Waals surface area (Å²) in [5.74, 6) is 0.751. The first-order valence-electron chi connectivity index (χ1n) is 9.76. The molecule has 0 amide bonds. The van der Waals surface area contributed by atoms with Crippen molar-refractivity contribution in [3.63, 3.8) is 0 Å². The smallest absolute Gasteiger partial charge is 0.336 e. The minimum Gasteiger partial charge on any atom is -0.494 e. The zero-order valence-corrected chi connectivity index (χ0v) is 17.4. The van der Waals surface area contributed by atoms with Crippen molar-refractivity contribution in [2.75, 3.05) is 13.2 Å². The van der Waals surface area contributed by atoms with Crippen LogP contribution in [0.4, 0.5) is 0 Å². The Morgan fingerprint density at radius 3 is 2.45 bits per heavy atom. The Hall–Kier alpha value is -2.86. The van der Waals surface area contributed by atoms with Crippen molar-refractivity contribution in [3.8, 4) is 23.1 Å². The van der Waals surface area contributed by atoms with Crippen molar-refractivity contribution in [3.05, 3.63) is 59.1 Å². The molecule has 3 rings (SSSR count). The molecule has 0 N–H and O–H groups in total. The maximum absolute atomic E-state index is 13.1. The van der Waals surface area contributed by atoms with E-state index in [9.17, 15) is 4.79 Å². The van der Waals surface area contributed by atoms with Crippen LogP contribution in [0, 0.1) is 0 Å². The fraction of sp³-hybridized carbons (Fsp3) is 0.318. The molecule has 0 aliphatic rings. The lowest BCUT2D eigenvalue weighted by Crippen LogP contribution is -2.15. The zero-order valence-electron chi connectivity index (χ0n) is 16.6. The molecule has 29 heavy (non-hydrogen) atoms. The lowest BCUT2D eigenvalue weighted by molar-refractivity contribution is 0.0944. The first-order chi connectivity index (χ1) is 14.1. The highest BCUT2D eigenvalue weighted by Gasteiger charge is 2.21. The van der Waals surface area contributed by atoms with Gasteiger partial charge in [-0.2, -0.15) is 9.67 Å². The largest absolute Gasteiger partial charge is 0.494 e. The fourth-order valence-corrected chi connectivity index (χ4v) is 2.88. The van der Waals surface area contributed by atoms with Gasteiger partial charge in [0.25, 0.3) is 5.91 Å². The minimum atomic E-state index is -0.320. The molecule has 3 aromatic rings. The van der Waals surface area contributed by atoms with E-state index in [1.807, 2.05) is 19.1 Å². The van der Waals surface area contributed by atoms with Gasteiger partial charge in [0.05, 0.1) is 18.2 Å². The van der Waals surface area contributed by atoms with Crippen LogP contribution in [0.3, 0.4) is 0 Å². The van der Waals surface area contributed by atoms with Gasteiger partial charge >= 0.3 is 6.01 Å². The quantitative estimate of drug-likeness (QED) is 0.448. The van der Waals surface area contributed by atoms with E-state index in [-0.39, 0.29) is 11.9 Å². The summed E-state index contributed by atoms with van der Waals surface area (Å²) in [4.78, 5) is 17.5. The molecule has 2 aromatic carbocycles. The van der Waals surface area contributed by atoms with Crippen molar-refractivity contribution < 1.29 is 14.3 Å². The van der Waals surface area contributed by atoms with Crippen LogP contribution in [0.25, 0.3) is 11.4 Å². The number of aromatic nitrogens is 3. The van der Waals surface area contributed by atoms with Crippen molar-refractivity contribution in [1.82, 2.24) is 14.8 Å². The topological polar surface area (TPSA) is 66.2 Å². The van der Waals surface area contributed by atoms with E-state index in [1.54, 1.807) is 36.4 Å². The third kappa shape index (κ3) is 5.15. The number of hydrogen-bond acceptors (Lipinski definition) is 5. The van der Waals surface area contributed by atoms with Gasteiger partial charge in [0.2, 0.25) is 0 Å². The lowest BCUT2D eigenvalue weighted by atomic mass is 10.2. The van der Waals surface area contributed by atoms with Crippen LogP contribution in [-0.4, -0.2) is 33.9 Å². The summed E-state index contributed by atoms with van der Waals surface area (Å²) in [5, 5.41) is 4.75. The molecule has 1 aromatic heterocycles. The highest BCUT2D eigenvalue weighted by molar-refractivity contribution is 6.33. The van der Waals surface area contributed by atoms with Gasteiger partial charge in [-0.05, 0) is 49.2 Å². The molecule has 0 bridgehead atoms. The average Bonchev–Trinajstić information content (AvgIpc) is 3.16. The third-order valence-electron chi connectivity index (χ3n) is 4.20. The number of benzene rings is 2. The molecular weight excluding hydrogens is 390 g/mol. The van der Waals surface area contributed by atoms with E-state index in [0.717, 1.165) is 25.0 Å². The molecule has 1 heterocycles. The molecule has 0 fully saturated rings.